The van der Waals surface area contributed by atoms with E-state index in [1.807, 2.05) is 84.9 Å². The standard InChI is InChI=1S/C20H17N3/c21-19(16-11-5-2-6-12-16)23-20(22)18-14-8-7-13-17(18)15-9-3-1-4-10-15/h1-14H,(H3,21,22,23). The number of nitrogens with two attached hydrogens (primary N) is 1. The maximum absolute atomic E-state index is 8.12. The molecule has 0 bridgehead atoms. The molecule has 0 aromatic heterocycles. The van der Waals surface area contributed by atoms with Crippen LogP contribution in [0.1, 0.15) is 11.1 Å². The highest BCUT2D eigenvalue weighted by Gasteiger charge is 2.09. The maximum atomic E-state index is 8.12. The van der Waals surface area contributed by atoms with Gasteiger partial charge in [0.05, 0.1) is 0 Å². The quantitative estimate of drug-likeness (QED) is 0.555. The first kappa shape index (κ1) is 14.7. The summed E-state index contributed by atoms with van der Waals surface area (Å²) in [5, 5.41) is 8.12. The molecule has 3 rings (SSSR count). The third kappa shape index (κ3) is 3.35. The Hall–Kier alpha value is -3.20. The van der Waals surface area contributed by atoms with Gasteiger partial charge in [-0.25, -0.2) is 4.99 Å². The van der Waals surface area contributed by atoms with Crippen LogP contribution in [-0.2, 0) is 0 Å². The lowest BCUT2D eigenvalue weighted by molar-refractivity contribution is 1.40. The van der Waals surface area contributed by atoms with E-state index in [0.29, 0.717) is 5.84 Å². The van der Waals surface area contributed by atoms with Gasteiger partial charge in [-0.3, -0.25) is 5.41 Å². The summed E-state index contributed by atoms with van der Waals surface area (Å²) in [6, 6.07) is 27.3. The first-order valence-electron chi connectivity index (χ1n) is 7.38. The molecular weight excluding hydrogens is 282 g/mol. The third-order valence-corrected chi connectivity index (χ3v) is 3.57. The second-order valence-corrected chi connectivity index (χ2v) is 5.12. The zero-order valence-corrected chi connectivity index (χ0v) is 12.6. The van der Waals surface area contributed by atoms with Crippen molar-refractivity contribution in [2.24, 2.45) is 10.7 Å². The highest BCUT2D eigenvalue weighted by Crippen LogP contribution is 2.23. The molecule has 3 aromatic rings. The van der Waals surface area contributed by atoms with Crippen LogP contribution >= 0.6 is 0 Å². The van der Waals surface area contributed by atoms with Crippen LogP contribution in [0.5, 0.6) is 0 Å². The van der Waals surface area contributed by atoms with E-state index < -0.39 is 0 Å². The van der Waals surface area contributed by atoms with Crippen LogP contribution in [0.4, 0.5) is 0 Å². The van der Waals surface area contributed by atoms with Crippen molar-refractivity contribution in [1.82, 2.24) is 0 Å². The smallest absolute Gasteiger partial charge is 0.154 e. The van der Waals surface area contributed by atoms with Crippen molar-refractivity contribution in [1.29, 1.82) is 5.41 Å². The van der Waals surface area contributed by atoms with Crippen molar-refractivity contribution < 1.29 is 0 Å². The van der Waals surface area contributed by atoms with Crippen LogP contribution < -0.4 is 5.73 Å². The Bertz CT molecular complexity index is 837. The lowest BCUT2D eigenvalue weighted by atomic mass is 9.99. The predicted molar refractivity (Wildman–Crippen MR) is 95.9 cm³/mol. The molecule has 0 radical (unpaired) electrons. The fraction of sp³-hybridized carbons (Fsp3) is 0. The van der Waals surface area contributed by atoms with Crippen molar-refractivity contribution in [3.8, 4) is 11.1 Å². The highest BCUT2D eigenvalue weighted by atomic mass is 14.9. The van der Waals surface area contributed by atoms with Crippen LogP contribution in [0, 0.1) is 5.41 Å². The number of aliphatic imine (C=N–C) groups is 1. The molecule has 0 aliphatic heterocycles. The predicted octanol–water partition coefficient (Wildman–Crippen LogP) is 4.08. The van der Waals surface area contributed by atoms with Crippen molar-refractivity contribution >= 4 is 11.7 Å². The van der Waals surface area contributed by atoms with Gasteiger partial charge in [0.1, 0.15) is 5.84 Å². The second-order valence-electron chi connectivity index (χ2n) is 5.12. The summed E-state index contributed by atoms with van der Waals surface area (Å²) in [6.45, 7) is 0. The number of rotatable bonds is 3. The Kier molecular flexibility index (Phi) is 4.29. The summed E-state index contributed by atoms with van der Waals surface area (Å²) < 4.78 is 0. The van der Waals surface area contributed by atoms with Crippen molar-refractivity contribution in [2.45, 2.75) is 0 Å². The molecule has 0 saturated carbocycles. The van der Waals surface area contributed by atoms with Gasteiger partial charge in [0, 0.05) is 11.1 Å². The average Bonchev–Trinajstić information content (AvgIpc) is 2.63. The normalized spacial score (nSPS) is 11.2. The number of benzene rings is 3. The molecule has 3 aromatic carbocycles. The molecule has 23 heavy (non-hydrogen) atoms. The number of hydrogen-bond donors (Lipinski definition) is 2. The zero-order valence-electron chi connectivity index (χ0n) is 12.6. The molecular formula is C20H17N3. The molecule has 0 fully saturated rings. The summed E-state index contributed by atoms with van der Waals surface area (Å²) >= 11 is 0. The van der Waals surface area contributed by atoms with E-state index in [1.54, 1.807) is 0 Å². The summed E-state index contributed by atoms with van der Waals surface area (Å²) in [7, 11) is 0. The Morgan fingerprint density at radius 3 is 2.00 bits per heavy atom. The van der Waals surface area contributed by atoms with Gasteiger partial charge in [-0.2, -0.15) is 0 Å². The van der Waals surface area contributed by atoms with Crippen LogP contribution in [0.3, 0.4) is 0 Å². The fourth-order valence-corrected chi connectivity index (χ4v) is 2.42. The van der Waals surface area contributed by atoms with Crippen LogP contribution in [0.15, 0.2) is 89.9 Å². The molecule has 3 nitrogen and oxygen atoms in total. The van der Waals surface area contributed by atoms with E-state index in [1.165, 1.54) is 0 Å². The molecule has 0 aliphatic rings. The average molecular weight is 299 g/mol. The van der Waals surface area contributed by atoms with E-state index in [4.69, 9.17) is 11.1 Å². The van der Waals surface area contributed by atoms with Crippen molar-refractivity contribution in [3.63, 3.8) is 0 Å². The molecule has 3 heteroatoms. The van der Waals surface area contributed by atoms with Crippen molar-refractivity contribution in [2.75, 3.05) is 0 Å². The van der Waals surface area contributed by atoms with E-state index in [0.717, 1.165) is 22.3 Å². The van der Waals surface area contributed by atoms with Gasteiger partial charge in [-0.1, -0.05) is 84.9 Å². The largest absolute Gasteiger partial charge is 0.383 e. The van der Waals surface area contributed by atoms with E-state index in [2.05, 4.69) is 4.99 Å². The maximum Gasteiger partial charge on any atom is 0.154 e. The van der Waals surface area contributed by atoms with Gasteiger partial charge in [-0.05, 0) is 11.1 Å². The Morgan fingerprint density at radius 2 is 1.30 bits per heavy atom. The lowest BCUT2D eigenvalue weighted by Crippen LogP contribution is -2.17. The van der Waals surface area contributed by atoms with Crippen LogP contribution in [-0.4, -0.2) is 11.7 Å². The number of hydrogen-bond acceptors (Lipinski definition) is 1. The van der Waals surface area contributed by atoms with Crippen LogP contribution in [0.2, 0.25) is 0 Å². The zero-order chi connectivity index (χ0) is 16.1. The molecule has 0 atom stereocenters. The Balaban J connectivity index is 1.99. The monoisotopic (exact) mass is 299 g/mol. The van der Waals surface area contributed by atoms with Gasteiger partial charge >= 0.3 is 0 Å². The molecule has 3 N–H and O–H groups in total. The third-order valence-electron chi connectivity index (χ3n) is 3.57. The number of nitrogens with one attached hydrogen (secondary N) is 1. The molecule has 0 amide bonds. The van der Waals surface area contributed by atoms with E-state index in [9.17, 15) is 0 Å². The van der Waals surface area contributed by atoms with E-state index >= 15 is 0 Å². The molecule has 0 aliphatic carbocycles. The molecule has 0 saturated heterocycles. The minimum absolute atomic E-state index is 0.158. The Labute approximate surface area is 135 Å². The summed E-state index contributed by atoms with van der Waals surface area (Å²) in [4.78, 5) is 4.28. The van der Waals surface area contributed by atoms with E-state index in [-0.39, 0.29) is 5.84 Å². The molecule has 0 spiro atoms. The summed E-state index contributed by atoms with van der Waals surface area (Å²) in [6.07, 6.45) is 0. The van der Waals surface area contributed by atoms with Gasteiger partial charge in [0.15, 0.2) is 5.84 Å². The van der Waals surface area contributed by atoms with Gasteiger partial charge in [0.25, 0.3) is 0 Å². The molecule has 0 unspecified atom stereocenters. The molecule has 0 heterocycles. The highest BCUT2D eigenvalue weighted by molar-refractivity contribution is 6.12. The first-order valence-corrected chi connectivity index (χ1v) is 7.38. The van der Waals surface area contributed by atoms with Crippen LogP contribution in [0.25, 0.3) is 11.1 Å². The SMILES string of the molecule is N=C(/N=C(\N)c1ccccc1-c1ccccc1)c1ccccc1. The number of amidine groups is 2. The lowest BCUT2D eigenvalue weighted by Gasteiger charge is -2.09. The number of nitrogens with zero attached hydrogens (tertiary/aromatic N) is 1. The van der Waals surface area contributed by atoms with Gasteiger partial charge in [-0.15, -0.1) is 0 Å². The Morgan fingerprint density at radius 1 is 0.739 bits per heavy atom. The summed E-state index contributed by atoms with van der Waals surface area (Å²) in [5.74, 6) is 0.504. The van der Waals surface area contributed by atoms with Gasteiger partial charge in [0.2, 0.25) is 0 Å². The minimum atomic E-state index is 0.158. The molecule has 112 valence electrons. The summed E-state index contributed by atoms with van der Waals surface area (Å²) in [5.41, 5.74) is 9.84. The fourth-order valence-electron chi connectivity index (χ4n) is 2.42. The topological polar surface area (TPSA) is 62.2 Å². The second kappa shape index (κ2) is 6.71. The minimum Gasteiger partial charge on any atom is -0.383 e. The van der Waals surface area contributed by atoms with Crippen molar-refractivity contribution in [3.05, 3.63) is 96.1 Å². The first-order chi connectivity index (χ1) is 11.3. The van der Waals surface area contributed by atoms with Gasteiger partial charge < -0.3 is 5.73 Å².